The van der Waals surface area contributed by atoms with E-state index in [1.807, 2.05) is 24.3 Å². The van der Waals surface area contributed by atoms with Gasteiger partial charge in [0.05, 0.1) is 19.2 Å². The fourth-order valence-corrected chi connectivity index (χ4v) is 2.72. The molecule has 3 aromatic rings. The quantitative estimate of drug-likeness (QED) is 0.706. The fourth-order valence-electron chi connectivity index (χ4n) is 2.72. The minimum atomic E-state index is -0.174. The second-order valence-electron chi connectivity index (χ2n) is 5.53. The molecule has 3 rings (SSSR count). The fraction of sp³-hybridized carbons (Fsp3) is 0.158. The van der Waals surface area contributed by atoms with Crippen LogP contribution in [0.4, 0.5) is 5.69 Å². The van der Waals surface area contributed by atoms with E-state index in [4.69, 9.17) is 4.74 Å². The number of nitrogens with one attached hydrogen (secondary N) is 2. The van der Waals surface area contributed by atoms with Crippen LogP contribution in [0.25, 0.3) is 10.9 Å². The number of carbonyl (C=O) groups excluding carboxylic acids is 2. The summed E-state index contributed by atoms with van der Waals surface area (Å²) >= 11 is 0. The summed E-state index contributed by atoms with van der Waals surface area (Å²) in [5.41, 5.74) is 2.75. The van der Waals surface area contributed by atoms with Crippen molar-refractivity contribution < 1.29 is 14.3 Å². The van der Waals surface area contributed by atoms with Crippen LogP contribution in [0.2, 0.25) is 0 Å². The molecule has 1 amide bonds. The third-order valence-corrected chi connectivity index (χ3v) is 3.88. The number of hydrogen-bond donors (Lipinski definition) is 2. The number of amides is 1. The maximum atomic E-state index is 12.4. The van der Waals surface area contributed by atoms with E-state index < -0.39 is 0 Å². The Bertz CT molecular complexity index is 895. The predicted molar refractivity (Wildman–Crippen MR) is 93.6 cm³/mol. The molecule has 0 saturated heterocycles. The number of H-pyrrole nitrogens is 1. The molecule has 0 atom stereocenters. The van der Waals surface area contributed by atoms with Gasteiger partial charge in [-0.1, -0.05) is 18.2 Å². The number of fused-ring (bicyclic) bond motifs is 1. The summed E-state index contributed by atoms with van der Waals surface area (Å²) in [6.45, 7) is 1.50. The summed E-state index contributed by atoms with van der Waals surface area (Å²) in [6, 6.07) is 14.7. The van der Waals surface area contributed by atoms with Gasteiger partial charge in [-0.25, -0.2) is 0 Å². The van der Waals surface area contributed by atoms with Crippen LogP contribution in [0.1, 0.15) is 23.0 Å². The topological polar surface area (TPSA) is 71.2 Å². The van der Waals surface area contributed by atoms with Gasteiger partial charge in [0.25, 0.3) is 0 Å². The van der Waals surface area contributed by atoms with E-state index in [9.17, 15) is 9.59 Å². The normalized spacial score (nSPS) is 10.6. The summed E-state index contributed by atoms with van der Waals surface area (Å²) in [5.74, 6) is 0.467. The highest BCUT2D eigenvalue weighted by Gasteiger charge is 2.17. The Morgan fingerprint density at radius 1 is 1.08 bits per heavy atom. The van der Waals surface area contributed by atoms with E-state index in [1.54, 1.807) is 31.4 Å². The van der Waals surface area contributed by atoms with Crippen LogP contribution in [0.5, 0.6) is 5.75 Å². The molecule has 5 nitrogen and oxygen atoms in total. The number of Topliss-reactive ketones (excluding diaryl/α,β-unsaturated/α-hetero) is 1. The molecule has 5 heteroatoms. The average molecular weight is 322 g/mol. The van der Waals surface area contributed by atoms with Crippen molar-refractivity contribution in [3.63, 3.8) is 0 Å². The van der Waals surface area contributed by atoms with E-state index in [0.717, 1.165) is 22.2 Å². The van der Waals surface area contributed by atoms with Gasteiger partial charge in [-0.15, -0.1) is 0 Å². The van der Waals surface area contributed by atoms with Gasteiger partial charge in [-0.05, 0) is 35.9 Å². The summed E-state index contributed by atoms with van der Waals surface area (Å²) in [6.07, 6.45) is 0.130. The zero-order chi connectivity index (χ0) is 17.1. The lowest BCUT2D eigenvalue weighted by atomic mass is 10.1. The molecular weight excluding hydrogens is 304 g/mol. The third-order valence-electron chi connectivity index (χ3n) is 3.88. The summed E-state index contributed by atoms with van der Waals surface area (Å²) in [4.78, 5) is 27.4. The Kier molecular flexibility index (Phi) is 4.33. The molecule has 0 spiro atoms. The zero-order valence-electron chi connectivity index (χ0n) is 13.6. The van der Waals surface area contributed by atoms with Crippen molar-refractivity contribution in [1.82, 2.24) is 4.98 Å². The minimum absolute atomic E-state index is 0.0848. The van der Waals surface area contributed by atoms with Crippen molar-refractivity contribution in [2.24, 2.45) is 0 Å². The summed E-state index contributed by atoms with van der Waals surface area (Å²) in [7, 11) is 1.59. The molecule has 0 aliphatic carbocycles. The number of benzene rings is 2. The molecule has 0 radical (unpaired) electrons. The van der Waals surface area contributed by atoms with Crippen LogP contribution in [0.15, 0.2) is 48.5 Å². The summed E-state index contributed by atoms with van der Waals surface area (Å²) in [5, 5.41) is 3.74. The monoisotopic (exact) mass is 322 g/mol. The first-order valence-corrected chi connectivity index (χ1v) is 7.63. The lowest BCUT2D eigenvalue weighted by Gasteiger charge is -2.07. The average Bonchev–Trinajstić information content (AvgIpc) is 2.94. The number of methoxy groups -OCH3 is 1. The molecule has 0 aliphatic heterocycles. The van der Waals surface area contributed by atoms with Crippen molar-refractivity contribution >= 4 is 28.3 Å². The summed E-state index contributed by atoms with van der Waals surface area (Å²) < 4.78 is 5.10. The van der Waals surface area contributed by atoms with Crippen molar-refractivity contribution in [1.29, 1.82) is 0 Å². The third kappa shape index (κ3) is 3.15. The Balaban J connectivity index is 1.84. The molecule has 0 bridgehead atoms. The number of hydrogen-bond acceptors (Lipinski definition) is 3. The highest BCUT2D eigenvalue weighted by Crippen LogP contribution is 2.24. The van der Waals surface area contributed by atoms with Crippen molar-refractivity contribution in [3.8, 4) is 5.75 Å². The number of rotatable bonds is 5. The van der Waals surface area contributed by atoms with Gasteiger partial charge in [0.15, 0.2) is 5.78 Å². The number of ketones is 1. The first kappa shape index (κ1) is 15.8. The van der Waals surface area contributed by atoms with Crippen LogP contribution in [-0.4, -0.2) is 23.8 Å². The highest BCUT2D eigenvalue weighted by molar-refractivity contribution is 6.04. The lowest BCUT2D eigenvalue weighted by Crippen LogP contribution is -2.15. The van der Waals surface area contributed by atoms with Gasteiger partial charge < -0.3 is 15.0 Å². The van der Waals surface area contributed by atoms with Gasteiger partial charge >= 0.3 is 0 Å². The Labute approximate surface area is 139 Å². The minimum Gasteiger partial charge on any atom is -0.497 e. The lowest BCUT2D eigenvalue weighted by molar-refractivity contribution is -0.115. The zero-order valence-corrected chi connectivity index (χ0v) is 13.6. The molecule has 0 aliphatic rings. The molecule has 0 unspecified atom stereocenters. The van der Waals surface area contributed by atoms with Gasteiger partial charge in [0.2, 0.25) is 5.91 Å². The van der Waals surface area contributed by atoms with Crippen LogP contribution < -0.4 is 10.1 Å². The van der Waals surface area contributed by atoms with Crippen LogP contribution in [0.3, 0.4) is 0 Å². The van der Waals surface area contributed by atoms with E-state index in [-0.39, 0.29) is 18.1 Å². The van der Waals surface area contributed by atoms with Gasteiger partial charge in [0, 0.05) is 23.5 Å². The van der Waals surface area contributed by atoms with Gasteiger partial charge in [-0.3, -0.25) is 9.59 Å². The first-order valence-electron chi connectivity index (χ1n) is 7.63. The SMILES string of the molecule is COc1ccc(NC(=O)Cc2c(C(C)=O)[nH]c3ccccc23)cc1. The largest absolute Gasteiger partial charge is 0.497 e. The van der Waals surface area contributed by atoms with Gasteiger partial charge in [-0.2, -0.15) is 0 Å². The molecule has 0 fully saturated rings. The number of ether oxygens (including phenoxy) is 1. The van der Waals surface area contributed by atoms with E-state index in [0.29, 0.717) is 11.4 Å². The predicted octanol–water partition coefficient (Wildman–Crippen LogP) is 3.56. The van der Waals surface area contributed by atoms with Crippen LogP contribution in [0, 0.1) is 0 Å². The van der Waals surface area contributed by atoms with Crippen molar-refractivity contribution in [2.45, 2.75) is 13.3 Å². The van der Waals surface area contributed by atoms with E-state index >= 15 is 0 Å². The molecular formula is C19H18N2O3. The molecule has 24 heavy (non-hydrogen) atoms. The van der Waals surface area contributed by atoms with Crippen molar-refractivity contribution in [3.05, 3.63) is 59.8 Å². The molecule has 1 aromatic heterocycles. The van der Waals surface area contributed by atoms with Crippen LogP contribution in [-0.2, 0) is 11.2 Å². The smallest absolute Gasteiger partial charge is 0.228 e. The first-order chi connectivity index (χ1) is 11.6. The molecule has 122 valence electrons. The second-order valence-corrected chi connectivity index (χ2v) is 5.53. The molecule has 2 N–H and O–H groups in total. The standard InChI is InChI=1S/C19H18N2O3/c1-12(22)19-16(15-5-3-4-6-17(15)21-19)11-18(23)20-13-7-9-14(24-2)10-8-13/h3-10,21H,11H2,1-2H3,(H,20,23). The van der Waals surface area contributed by atoms with Crippen LogP contribution >= 0.6 is 0 Å². The Hall–Kier alpha value is -3.08. The molecule has 1 heterocycles. The van der Waals surface area contributed by atoms with Crippen molar-refractivity contribution in [2.75, 3.05) is 12.4 Å². The number of aromatic nitrogens is 1. The number of para-hydroxylation sites is 1. The number of carbonyl (C=O) groups is 2. The molecule has 2 aromatic carbocycles. The van der Waals surface area contributed by atoms with E-state index in [1.165, 1.54) is 6.92 Å². The maximum Gasteiger partial charge on any atom is 0.228 e. The molecule has 0 saturated carbocycles. The Morgan fingerprint density at radius 3 is 2.46 bits per heavy atom. The highest BCUT2D eigenvalue weighted by atomic mass is 16.5. The second kappa shape index (κ2) is 6.58. The number of anilines is 1. The van der Waals surface area contributed by atoms with Gasteiger partial charge in [0.1, 0.15) is 5.75 Å². The number of aromatic amines is 1. The van der Waals surface area contributed by atoms with E-state index in [2.05, 4.69) is 10.3 Å². The maximum absolute atomic E-state index is 12.4. The Morgan fingerprint density at radius 2 is 1.79 bits per heavy atom.